The highest BCUT2D eigenvalue weighted by Gasteiger charge is 2.18. The van der Waals surface area contributed by atoms with Crippen LogP contribution in [0.3, 0.4) is 0 Å². The molecule has 0 aliphatic rings. The first-order valence-electron chi connectivity index (χ1n) is 5.61. The Morgan fingerprint density at radius 2 is 2.05 bits per heavy atom. The van der Waals surface area contributed by atoms with E-state index in [4.69, 9.17) is 0 Å². The molecule has 0 atom stereocenters. The lowest BCUT2D eigenvalue weighted by molar-refractivity contribution is 0.102. The first kappa shape index (κ1) is 12.4. The predicted molar refractivity (Wildman–Crippen MR) is 71.8 cm³/mol. The van der Waals surface area contributed by atoms with E-state index in [1.54, 1.807) is 11.6 Å². The van der Waals surface area contributed by atoms with Crippen LogP contribution in [0.1, 0.15) is 10.5 Å². The molecule has 1 amide bonds. The Morgan fingerprint density at radius 3 is 2.75 bits per heavy atom. The van der Waals surface area contributed by atoms with Crippen LogP contribution < -0.4 is 5.32 Å². The summed E-state index contributed by atoms with van der Waals surface area (Å²) < 4.78 is 12.9. The molecule has 6 nitrogen and oxygen atoms in total. The maximum absolute atomic E-state index is 12.9. The van der Waals surface area contributed by atoms with Gasteiger partial charge in [0.15, 0.2) is 10.8 Å². The van der Waals surface area contributed by atoms with Crippen molar-refractivity contribution in [1.29, 1.82) is 0 Å². The topological polar surface area (TPSA) is 83.6 Å². The summed E-state index contributed by atoms with van der Waals surface area (Å²) in [6.07, 6.45) is 1.59. The van der Waals surface area contributed by atoms with Crippen LogP contribution in [0, 0.1) is 5.82 Å². The average Bonchev–Trinajstić information content (AvgIpc) is 3.10. The summed E-state index contributed by atoms with van der Waals surface area (Å²) in [5.41, 5.74) is 1.09. The van der Waals surface area contributed by atoms with Gasteiger partial charge in [0.05, 0.1) is 0 Å². The van der Waals surface area contributed by atoms with Crippen molar-refractivity contribution in [3.63, 3.8) is 0 Å². The van der Waals surface area contributed by atoms with E-state index >= 15 is 0 Å². The molecule has 3 aromatic rings. The van der Waals surface area contributed by atoms with Gasteiger partial charge in [0.1, 0.15) is 11.5 Å². The number of nitrogens with zero attached hydrogens (tertiary/aromatic N) is 3. The SMILES string of the molecule is O=C(Nc1nccs1)c1n[nH]nc1-c1ccc(F)cc1. The lowest BCUT2D eigenvalue weighted by Gasteiger charge is -2.01. The molecule has 100 valence electrons. The second-order valence-corrected chi connectivity index (χ2v) is 4.71. The Bertz CT molecular complexity index is 723. The highest BCUT2D eigenvalue weighted by molar-refractivity contribution is 7.13. The third kappa shape index (κ3) is 2.41. The van der Waals surface area contributed by atoms with Crippen molar-refractivity contribution in [3.8, 4) is 11.3 Å². The molecular formula is C12H8FN5OS. The molecule has 2 N–H and O–H groups in total. The van der Waals surface area contributed by atoms with Gasteiger partial charge in [0.25, 0.3) is 5.91 Å². The van der Waals surface area contributed by atoms with E-state index in [-0.39, 0.29) is 11.5 Å². The van der Waals surface area contributed by atoms with Crippen LogP contribution in [-0.4, -0.2) is 26.3 Å². The van der Waals surface area contributed by atoms with Crippen LogP contribution in [0.5, 0.6) is 0 Å². The van der Waals surface area contributed by atoms with Crippen molar-refractivity contribution in [2.75, 3.05) is 5.32 Å². The number of halogens is 1. The summed E-state index contributed by atoms with van der Waals surface area (Å²) in [5.74, 6) is -0.779. The molecule has 0 saturated heterocycles. The molecule has 0 bridgehead atoms. The molecule has 0 saturated carbocycles. The van der Waals surface area contributed by atoms with Crippen LogP contribution in [0.15, 0.2) is 35.8 Å². The van der Waals surface area contributed by atoms with Crippen molar-refractivity contribution >= 4 is 22.4 Å². The fraction of sp³-hybridized carbons (Fsp3) is 0. The van der Waals surface area contributed by atoms with Crippen molar-refractivity contribution < 1.29 is 9.18 Å². The monoisotopic (exact) mass is 289 g/mol. The van der Waals surface area contributed by atoms with Gasteiger partial charge in [0, 0.05) is 17.1 Å². The van der Waals surface area contributed by atoms with E-state index in [2.05, 4.69) is 25.7 Å². The molecule has 1 aromatic carbocycles. The number of aromatic nitrogens is 4. The number of carbonyl (C=O) groups excluding carboxylic acids is 1. The summed E-state index contributed by atoms with van der Waals surface area (Å²) in [4.78, 5) is 16.1. The Kier molecular flexibility index (Phi) is 3.21. The zero-order valence-electron chi connectivity index (χ0n) is 10.0. The first-order chi connectivity index (χ1) is 9.74. The minimum absolute atomic E-state index is 0.131. The second-order valence-electron chi connectivity index (χ2n) is 3.82. The van der Waals surface area contributed by atoms with Gasteiger partial charge in [-0.1, -0.05) is 0 Å². The molecule has 0 spiro atoms. The van der Waals surface area contributed by atoms with Crippen LogP contribution >= 0.6 is 11.3 Å². The fourth-order valence-corrected chi connectivity index (χ4v) is 2.16. The number of hydrogen-bond donors (Lipinski definition) is 2. The number of rotatable bonds is 3. The van der Waals surface area contributed by atoms with E-state index in [1.807, 2.05) is 0 Å². The number of hydrogen-bond acceptors (Lipinski definition) is 5. The number of nitrogens with one attached hydrogen (secondary N) is 2. The van der Waals surface area contributed by atoms with Gasteiger partial charge in [-0.15, -0.1) is 11.3 Å². The summed E-state index contributed by atoms with van der Waals surface area (Å²) in [6.45, 7) is 0. The Balaban J connectivity index is 1.90. The van der Waals surface area contributed by atoms with Crippen molar-refractivity contribution in [1.82, 2.24) is 20.4 Å². The van der Waals surface area contributed by atoms with Crippen molar-refractivity contribution in [2.24, 2.45) is 0 Å². The average molecular weight is 289 g/mol. The Morgan fingerprint density at radius 1 is 1.25 bits per heavy atom. The molecular weight excluding hydrogens is 281 g/mol. The van der Waals surface area contributed by atoms with E-state index in [9.17, 15) is 9.18 Å². The number of H-pyrrole nitrogens is 1. The van der Waals surface area contributed by atoms with Crippen LogP contribution in [-0.2, 0) is 0 Å². The summed E-state index contributed by atoms with van der Waals surface area (Å²) in [6, 6.07) is 5.67. The summed E-state index contributed by atoms with van der Waals surface area (Å²) in [5, 5.41) is 15.0. The Hall–Kier alpha value is -2.61. The normalized spacial score (nSPS) is 10.4. The maximum Gasteiger partial charge on any atom is 0.280 e. The smallest absolute Gasteiger partial charge is 0.280 e. The zero-order chi connectivity index (χ0) is 13.9. The fourth-order valence-electron chi connectivity index (χ4n) is 1.64. The van der Waals surface area contributed by atoms with Gasteiger partial charge >= 0.3 is 0 Å². The number of anilines is 1. The molecule has 2 aromatic heterocycles. The number of benzene rings is 1. The lowest BCUT2D eigenvalue weighted by atomic mass is 10.1. The van der Waals surface area contributed by atoms with Crippen LogP contribution in [0.2, 0.25) is 0 Å². The van der Waals surface area contributed by atoms with Crippen LogP contribution in [0.25, 0.3) is 11.3 Å². The quantitative estimate of drug-likeness (QED) is 0.775. The number of aromatic amines is 1. The molecule has 2 heterocycles. The van der Waals surface area contributed by atoms with Crippen molar-refractivity contribution in [3.05, 3.63) is 47.4 Å². The van der Waals surface area contributed by atoms with Gasteiger partial charge in [-0.25, -0.2) is 9.37 Å². The van der Waals surface area contributed by atoms with Gasteiger partial charge < -0.3 is 0 Å². The molecule has 20 heavy (non-hydrogen) atoms. The molecule has 8 heteroatoms. The van der Waals surface area contributed by atoms with Gasteiger partial charge in [-0.2, -0.15) is 15.4 Å². The minimum atomic E-state index is -0.423. The highest BCUT2D eigenvalue weighted by atomic mass is 32.1. The first-order valence-corrected chi connectivity index (χ1v) is 6.49. The number of amides is 1. The predicted octanol–water partition coefficient (Wildman–Crippen LogP) is 2.32. The third-order valence-corrected chi connectivity index (χ3v) is 3.22. The maximum atomic E-state index is 12.9. The standard InChI is InChI=1S/C12H8FN5OS/c13-8-3-1-7(2-4-8)9-10(17-18-16-9)11(19)15-12-14-5-6-20-12/h1-6H,(H,14,15,19)(H,16,17,18). The molecule has 3 rings (SSSR count). The minimum Gasteiger partial charge on any atom is -0.296 e. The highest BCUT2D eigenvalue weighted by Crippen LogP contribution is 2.21. The number of thiazole rings is 1. The zero-order valence-corrected chi connectivity index (χ0v) is 10.8. The third-order valence-electron chi connectivity index (χ3n) is 2.53. The van der Waals surface area contributed by atoms with E-state index in [1.165, 1.54) is 35.6 Å². The van der Waals surface area contributed by atoms with E-state index in [0.29, 0.717) is 16.4 Å². The van der Waals surface area contributed by atoms with E-state index in [0.717, 1.165) is 0 Å². The number of carbonyl (C=O) groups is 1. The largest absolute Gasteiger partial charge is 0.296 e. The molecule has 0 unspecified atom stereocenters. The van der Waals surface area contributed by atoms with Gasteiger partial charge in [0.2, 0.25) is 0 Å². The molecule has 0 aliphatic carbocycles. The molecule has 0 aliphatic heterocycles. The van der Waals surface area contributed by atoms with Crippen LogP contribution in [0.4, 0.5) is 9.52 Å². The lowest BCUT2D eigenvalue weighted by Crippen LogP contribution is -2.13. The Labute approximate surface area is 116 Å². The van der Waals surface area contributed by atoms with Gasteiger partial charge in [-0.3, -0.25) is 10.1 Å². The van der Waals surface area contributed by atoms with Gasteiger partial charge in [-0.05, 0) is 24.3 Å². The molecule has 0 fully saturated rings. The summed E-state index contributed by atoms with van der Waals surface area (Å²) >= 11 is 1.30. The second kappa shape index (κ2) is 5.17. The van der Waals surface area contributed by atoms with E-state index < -0.39 is 5.91 Å². The van der Waals surface area contributed by atoms with Crippen molar-refractivity contribution in [2.45, 2.75) is 0 Å². The molecule has 0 radical (unpaired) electrons. The summed E-state index contributed by atoms with van der Waals surface area (Å²) in [7, 11) is 0.